The molecule has 2 aromatic rings. The average Bonchev–Trinajstić information content (AvgIpc) is 2.97. The van der Waals surface area contributed by atoms with Crippen molar-refractivity contribution in [3.05, 3.63) is 52.5 Å². The summed E-state index contributed by atoms with van der Waals surface area (Å²) < 4.78 is 5.29. The van der Waals surface area contributed by atoms with Gasteiger partial charge in [-0.25, -0.2) is 0 Å². The van der Waals surface area contributed by atoms with Crippen molar-refractivity contribution in [3.63, 3.8) is 0 Å². The second kappa shape index (κ2) is 6.78. The van der Waals surface area contributed by atoms with E-state index in [-0.39, 0.29) is 10.6 Å². The molecule has 0 bridgehead atoms. The normalized spacial score (nSPS) is 10.4. The number of nitro benzene ring substituents is 1. The highest BCUT2D eigenvalue weighted by Crippen LogP contribution is 2.35. The van der Waals surface area contributed by atoms with E-state index in [9.17, 15) is 10.1 Å². The summed E-state index contributed by atoms with van der Waals surface area (Å²) in [5.41, 5.74) is 1.21. The van der Waals surface area contributed by atoms with Crippen molar-refractivity contribution in [1.29, 1.82) is 0 Å². The van der Waals surface area contributed by atoms with Gasteiger partial charge in [0, 0.05) is 13.6 Å². The lowest BCUT2D eigenvalue weighted by molar-refractivity contribution is -0.383. The summed E-state index contributed by atoms with van der Waals surface area (Å²) in [6.45, 7) is 3.20. The number of hydrogen-bond donors (Lipinski definition) is 1. The molecule has 6 nitrogen and oxygen atoms in total. The summed E-state index contributed by atoms with van der Waals surface area (Å²) in [7, 11) is 1.81. The minimum atomic E-state index is -0.341. The topological polar surface area (TPSA) is 71.5 Å². The van der Waals surface area contributed by atoms with Crippen molar-refractivity contribution in [3.8, 4) is 0 Å². The van der Waals surface area contributed by atoms with Gasteiger partial charge in [-0.15, -0.1) is 0 Å². The van der Waals surface area contributed by atoms with Gasteiger partial charge < -0.3 is 14.6 Å². The molecule has 112 valence electrons. The van der Waals surface area contributed by atoms with Crippen LogP contribution in [-0.4, -0.2) is 18.5 Å². The van der Waals surface area contributed by atoms with E-state index >= 15 is 0 Å². The molecule has 1 heterocycles. The monoisotopic (exact) mass is 289 g/mol. The summed E-state index contributed by atoms with van der Waals surface area (Å²) >= 11 is 0. The molecule has 0 aliphatic carbocycles. The summed E-state index contributed by atoms with van der Waals surface area (Å²) in [6, 6.07) is 8.95. The van der Waals surface area contributed by atoms with Crippen LogP contribution in [0, 0.1) is 10.1 Å². The Morgan fingerprint density at radius 2 is 2.14 bits per heavy atom. The van der Waals surface area contributed by atoms with Crippen LogP contribution in [0.2, 0.25) is 0 Å². The summed E-state index contributed by atoms with van der Waals surface area (Å²) in [5, 5.41) is 14.5. The fourth-order valence-corrected chi connectivity index (χ4v) is 2.16. The van der Waals surface area contributed by atoms with Crippen molar-refractivity contribution < 1.29 is 9.34 Å². The average molecular weight is 289 g/mol. The Bertz CT molecular complexity index is 596. The van der Waals surface area contributed by atoms with Crippen LogP contribution in [0.15, 0.2) is 41.0 Å². The van der Waals surface area contributed by atoms with E-state index < -0.39 is 0 Å². The summed E-state index contributed by atoms with van der Waals surface area (Å²) in [5.74, 6) is 0.763. The highest BCUT2D eigenvalue weighted by Gasteiger charge is 2.22. The molecule has 0 aliphatic heterocycles. The van der Waals surface area contributed by atoms with Gasteiger partial charge in [0.05, 0.1) is 17.7 Å². The molecule has 1 N–H and O–H groups in total. The van der Waals surface area contributed by atoms with E-state index in [4.69, 9.17) is 4.42 Å². The van der Waals surface area contributed by atoms with Gasteiger partial charge >= 0.3 is 5.69 Å². The van der Waals surface area contributed by atoms with E-state index in [1.807, 2.05) is 31.0 Å². The van der Waals surface area contributed by atoms with Gasteiger partial charge in [0.2, 0.25) is 0 Å². The number of para-hydroxylation sites is 1. The highest BCUT2D eigenvalue weighted by molar-refractivity contribution is 5.76. The van der Waals surface area contributed by atoms with Crippen LogP contribution in [0.3, 0.4) is 0 Å². The molecule has 0 spiro atoms. The van der Waals surface area contributed by atoms with Crippen molar-refractivity contribution in [2.75, 3.05) is 23.8 Å². The first-order valence-corrected chi connectivity index (χ1v) is 6.88. The standard InChI is InChI=1S/C15H19N3O3/c1-3-9-16-13-7-4-8-14(15(13)18(19)20)17(2)11-12-6-5-10-21-12/h4-8,10,16H,3,9,11H2,1-2H3. The number of furan rings is 1. The molecule has 0 atom stereocenters. The summed E-state index contributed by atoms with van der Waals surface area (Å²) in [6.07, 6.45) is 2.50. The zero-order chi connectivity index (χ0) is 15.2. The Hall–Kier alpha value is -2.50. The first kappa shape index (κ1) is 14.9. The Morgan fingerprint density at radius 1 is 1.33 bits per heavy atom. The maximum absolute atomic E-state index is 11.4. The Labute approximate surface area is 123 Å². The molecule has 0 saturated heterocycles. The van der Waals surface area contributed by atoms with Crippen LogP contribution in [0.5, 0.6) is 0 Å². The Balaban J connectivity index is 2.30. The Morgan fingerprint density at radius 3 is 2.76 bits per heavy atom. The molecule has 0 saturated carbocycles. The lowest BCUT2D eigenvalue weighted by atomic mass is 10.2. The number of hydrogen-bond acceptors (Lipinski definition) is 5. The van der Waals surface area contributed by atoms with Crippen LogP contribution >= 0.6 is 0 Å². The van der Waals surface area contributed by atoms with Crippen molar-refractivity contribution in [2.45, 2.75) is 19.9 Å². The fraction of sp³-hybridized carbons (Fsp3) is 0.333. The van der Waals surface area contributed by atoms with Gasteiger partial charge in [-0.05, 0) is 30.7 Å². The van der Waals surface area contributed by atoms with Gasteiger partial charge in [-0.1, -0.05) is 13.0 Å². The smallest absolute Gasteiger partial charge is 0.315 e. The largest absolute Gasteiger partial charge is 0.467 e. The molecular weight excluding hydrogens is 270 g/mol. The number of benzene rings is 1. The third-order valence-corrected chi connectivity index (χ3v) is 3.15. The van der Waals surface area contributed by atoms with Crippen molar-refractivity contribution in [1.82, 2.24) is 0 Å². The predicted octanol–water partition coefficient (Wildman–Crippen LogP) is 3.65. The van der Waals surface area contributed by atoms with E-state index in [0.717, 1.165) is 12.2 Å². The Kier molecular flexibility index (Phi) is 4.81. The molecule has 0 radical (unpaired) electrons. The molecule has 0 fully saturated rings. The second-order valence-corrected chi connectivity index (χ2v) is 4.79. The van der Waals surface area contributed by atoms with E-state index in [1.54, 1.807) is 24.5 Å². The van der Waals surface area contributed by atoms with Gasteiger partial charge in [0.1, 0.15) is 17.1 Å². The number of rotatable bonds is 7. The van der Waals surface area contributed by atoms with Crippen LogP contribution in [-0.2, 0) is 6.54 Å². The number of nitrogens with one attached hydrogen (secondary N) is 1. The fourth-order valence-electron chi connectivity index (χ4n) is 2.16. The third kappa shape index (κ3) is 3.53. The minimum Gasteiger partial charge on any atom is -0.467 e. The van der Waals surface area contributed by atoms with E-state index in [0.29, 0.717) is 24.5 Å². The van der Waals surface area contributed by atoms with Gasteiger partial charge in [0.25, 0.3) is 0 Å². The third-order valence-electron chi connectivity index (χ3n) is 3.15. The van der Waals surface area contributed by atoms with Crippen LogP contribution < -0.4 is 10.2 Å². The van der Waals surface area contributed by atoms with Crippen molar-refractivity contribution >= 4 is 17.1 Å². The van der Waals surface area contributed by atoms with E-state index in [2.05, 4.69) is 5.32 Å². The number of nitrogens with zero attached hydrogens (tertiary/aromatic N) is 2. The molecule has 21 heavy (non-hydrogen) atoms. The first-order valence-electron chi connectivity index (χ1n) is 6.88. The minimum absolute atomic E-state index is 0.0972. The molecule has 2 rings (SSSR count). The second-order valence-electron chi connectivity index (χ2n) is 4.79. The molecular formula is C15H19N3O3. The van der Waals surface area contributed by atoms with Crippen LogP contribution in [0.1, 0.15) is 19.1 Å². The van der Waals surface area contributed by atoms with E-state index in [1.165, 1.54) is 0 Å². The molecule has 1 aromatic carbocycles. The van der Waals surface area contributed by atoms with Crippen LogP contribution in [0.4, 0.5) is 17.1 Å². The maximum Gasteiger partial charge on any atom is 0.315 e. The lowest BCUT2D eigenvalue weighted by Crippen LogP contribution is -2.18. The predicted molar refractivity (Wildman–Crippen MR) is 82.7 cm³/mol. The molecule has 0 amide bonds. The number of anilines is 2. The lowest BCUT2D eigenvalue weighted by Gasteiger charge is -2.19. The van der Waals surface area contributed by atoms with Gasteiger partial charge in [-0.2, -0.15) is 0 Å². The number of nitro groups is 1. The van der Waals surface area contributed by atoms with Crippen molar-refractivity contribution in [2.24, 2.45) is 0 Å². The zero-order valence-electron chi connectivity index (χ0n) is 12.2. The molecule has 0 unspecified atom stereocenters. The molecule has 0 aliphatic rings. The summed E-state index contributed by atoms with van der Waals surface area (Å²) in [4.78, 5) is 12.9. The first-order chi connectivity index (χ1) is 10.1. The highest BCUT2D eigenvalue weighted by atomic mass is 16.6. The zero-order valence-corrected chi connectivity index (χ0v) is 12.2. The molecule has 6 heteroatoms. The van der Waals surface area contributed by atoms with Crippen LogP contribution in [0.25, 0.3) is 0 Å². The quantitative estimate of drug-likeness (QED) is 0.622. The van der Waals surface area contributed by atoms with Gasteiger partial charge in [-0.3, -0.25) is 10.1 Å². The maximum atomic E-state index is 11.4. The molecule has 1 aromatic heterocycles. The van der Waals surface area contributed by atoms with Gasteiger partial charge in [0.15, 0.2) is 0 Å². The SMILES string of the molecule is CCCNc1cccc(N(C)Cc2ccco2)c1[N+](=O)[O-].